The number of fused-ring (bicyclic) bond motifs is 12. The van der Waals surface area contributed by atoms with Gasteiger partial charge in [0, 0.05) is 86.1 Å². The fourth-order valence-corrected chi connectivity index (χ4v) is 20.2. The second-order valence-corrected chi connectivity index (χ2v) is 31.7. The normalized spacial score (nSPS) is 12.7. The van der Waals surface area contributed by atoms with E-state index >= 15 is 0 Å². The maximum absolute atomic E-state index is 7.97. The molecule has 20 aromatic rings. The van der Waals surface area contributed by atoms with Gasteiger partial charge in [0.25, 0.3) is 13.4 Å². The van der Waals surface area contributed by atoms with Crippen LogP contribution in [0.15, 0.2) is 443 Å². The van der Waals surface area contributed by atoms with E-state index in [2.05, 4.69) is 467 Å². The zero-order valence-electron chi connectivity index (χ0n) is 65.4. The highest BCUT2D eigenvalue weighted by molar-refractivity contribution is 7.02. The summed E-state index contributed by atoms with van der Waals surface area (Å²) in [5.74, 6) is 1.61. The lowest BCUT2D eigenvalue weighted by molar-refractivity contribution is 0.488. The van der Waals surface area contributed by atoms with Gasteiger partial charge >= 0.3 is 0 Å². The Kier molecular flexibility index (Phi) is 16.1. The molecule has 0 atom stereocenters. The number of ether oxygens (including phenoxy) is 1. The highest BCUT2D eigenvalue weighted by Crippen LogP contribution is 2.54. The van der Waals surface area contributed by atoms with Crippen LogP contribution in [0.2, 0.25) is 0 Å². The summed E-state index contributed by atoms with van der Waals surface area (Å²) < 4.78 is 7.97. The van der Waals surface area contributed by atoms with Crippen LogP contribution in [0.3, 0.4) is 0 Å². The fraction of sp³-hybridized carbons (Fsp3) is 0. The number of hydrogen-bond donors (Lipinski definition) is 0. The Morgan fingerprint density at radius 3 is 0.842 bits per heavy atom. The molecule has 6 nitrogen and oxygen atoms in total. The van der Waals surface area contributed by atoms with Gasteiger partial charge in [-0.05, 0) is 236 Å². The van der Waals surface area contributed by atoms with Crippen molar-refractivity contribution in [1.29, 1.82) is 0 Å². The molecule has 8 heteroatoms. The van der Waals surface area contributed by atoms with Gasteiger partial charge in [-0.25, -0.2) is 0 Å². The molecular weight excluding hydrogens is 1450 g/mol. The molecule has 20 aromatic carbocycles. The van der Waals surface area contributed by atoms with E-state index in [0.717, 1.165) is 119 Å². The van der Waals surface area contributed by atoms with Gasteiger partial charge in [0.15, 0.2) is 0 Å². The maximum Gasteiger partial charge on any atom is 0.256 e. The van der Waals surface area contributed by atoms with E-state index in [-0.39, 0.29) is 13.4 Å². The number of para-hydroxylation sites is 7. The molecule has 0 amide bonds. The van der Waals surface area contributed by atoms with Crippen LogP contribution in [-0.2, 0) is 0 Å². The zero-order chi connectivity index (χ0) is 78.9. The van der Waals surface area contributed by atoms with E-state index in [9.17, 15) is 0 Å². The highest BCUT2D eigenvalue weighted by atomic mass is 16.5. The van der Waals surface area contributed by atoms with Crippen LogP contribution in [0.25, 0.3) is 87.6 Å². The molecule has 24 rings (SSSR count). The predicted octanol–water partition coefficient (Wildman–Crippen LogP) is 26.4. The Morgan fingerprint density at radius 2 is 0.467 bits per heavy atom. The summed E-state index contributed by atoms with van der Waals surface area (Å²) in [5, 5.41) is 9.78. The van der Waals surface area contributed by atoms with E-state index in [0.29, 0.717) is 0 Å². The van der Waals surface area contributed by atoms with Gasteiger partial charge in [0.2, 0.25) is 0 Å². The first kappa shape index (κ1) is 68.7. The summed E-state index contributed by atoms with van der Waals surface area (Å²) in [5.41, 5.74) is 32.5. The Bertz CT molecular complexity index is 7260. The molecule has 0 unspecified atom stereocenters. The van der Waals surface area contributed by atoms with Crippen LogP contribution in [-0.4, -0.2) is 13.4 Å². The summed E-state index contributed by atoms with van der Waals surface area (Å²) in [6.07, 6.45) is 0. The van der Waals surface area contributed by atoms with Crippen molar-refractivity contribution < 1.29 is 4.74 Å². The van der Waals surface area contributed by atoms with Crippen molar-refractivity contribution in [1.82, 2.24) is 0 Å². The lowest BCUT2D eigenvalue weighted by Crippen LogP contribution is -2.64. The molecule has 0 aromatic heterocycles. The highest BCUT2D eigenvalue weighted by Gasteiger charge is 2.48. The number of benzene rings is 20. The van der Waals surface area contributed by atoms with Gasteiger partial charge in [-0.15, -0.1) is 0 Å². The lowest BCUT2D eigenvalue weighted by Gasteiger charge is -2.46. The van der Waals surface area contributed by atoms with Crippen LogP contribution in [0.5, 0.6) is 11.5 Å². The fourth-order valence-electron chi connectivity index (χ4n) is 20.2. The summed E-state index contributed by atoms with van der Waals surface area (Å²) in [7, 11) is 0. The van der Waals surface area contributed by atoms with Crippen LogP contribution in [0, 0.1) is 0 Å². The third-order valence-electron chi connectivity index (χ3n) is 25.2. The van der Waals surface area contributed by atoms with E-state index in [1.165, 1.54) is 98.3 Å². The summed E-state index contributed by atoms with van der Waals surface area (Å²) >= 11 is 0. The predicted molar refractivity (Wildman–Crippen MR) is 507 cm³/mol. The molecular formula is C112H73B2N5O. The maximum atomic E-state index is 7.97. The van der Waals surface area contributed by atoms with Gasteiger partial charge in [0.05, 0.1) is 11.4 Å². The Labute approximate surface area is 698 Å². The van der Waals surface area contributed by atoms with Gasteiger partial charge in [0.1, 0.15) is 11.5 Å². The molecule has 0 N–H and O–H groups in total. The smallest absolute Gasteiger partial charge is 0.256 e. The minimum Gasteiger partial charge on any atom is -0.458 e. The summed E-state index contributed by atoms with van der Waals surface area (Å²) in [4.78, 5) is 12.4. The molecule has 4 aliphatic rings. The first-order valence-electron chi connectivity index (χ1n) is 41.4. The van der Waals surface area contributed by atoms with Crippen LogP contribution >= 0.6 is 0 Å². The van der Waals surface area contributed by atoms with Gasteiger partial charge in [-0.3, -0.25) is 0 Å². The quantitative estimate of drug-likeness (QED) is 0.0843. The molecule has 558 valence electrons. The van der Waals surface area contributed by atoms with Gasteiger partial charge in [-0.2, -0.15) is 0 Å². The van der Waals surface area contributed by atoms with Crippen molar-refractivity contribution in [3.63, 3.8) is 0 Å². The number of anilines is 15. The van der Waals surface area contributed by atoms with E-state index < -0.39 is 0 Å². The number of rotatable bonds is 13. The molecule has 4 aliphatic heterocycles. The molecule has 0 aliphatic carbocycles. The SMILES string of the molecule is c1ccc(-c2c3ccccc3c(-c3ccc(N4c5ccccc5B5c6cc7c(cc6Oc6cc(N(c8ccccc8)c8ccccc8)cc4c65)N(c4ccccc4)c4cc(N(c5ccccc5)c5ccccc5)cc5c4B7c4ccccc4N5c4ccc(-c5c6ccccc6c(-c6ccccc6)c6ccccc56)cc4)cc3)c3ccccc23)cc1. The molecule has 0 radical (unpaired) electrons. The Balaban J connectivity index is 0.720. The first-order valence-corrected chi connectivity index (χ1v) is 41.4. The first-order chi connectivity index (χ1) is 59.6. The largest absolute Gasteiger partial charge is 0.458 e. The molecule has 120 heavy (non-hydrogen) atoms. The van der Waals surface area contributed by atoms with Crippen molar-refractivity contribution >= 4 is 175 Å². The van der Waals surface area contributed by atoms with E-state index in [4.69, 9.17) is 4.74 Å². The Morgan fingerprint density at radius 1 is 0.183 bits per heavy atom. The second-order valence-electron chi connectivity index (χ2n) is 31.7. The zero-order valence-corrected chi connectivity index (χ0v) is 65.4. The van der Waals surface area contributed by atoms with Crippen molar-refractivity contribution in [2.24, 2.45) is 0 Å². The minimum atomic E-state index is -0.260. The Hall–Kier alpha value is -15.6. The topological polar surface area (TPSA) is 25.4 Å². The average Bonchev–Trinajstić information content (AvgIpc) is 0.684. The monoisotopic (exact) mass is 1530 g/mol. The molecule has 0 saturated carbocycles. The third kappa shape index (κ3) is 10.9. The van der Waals surface area contributed by atoms with Crippen molar-refractivity contribution in [3.05, 3.63) is 443 Å². The van der Waals surface area contributed by atoms with E-state index in [1.54, 1.807) is 0 Å². The molecule has 0 fully saturated rings. The minimum absolute atomic E-state index is 0.245. The van der Waals surface area contributed by atoms with Crippen molar-refractivity contribution in [2.75, 3.05) is 24.5 Å². The molecule has 0 spiro atoms. The molecule has 0 saturated heterocycles. The summed E-state index contributed by atoms with van der Waals surface area (Å²) in [6.45, 7) is -0.506. The third-order valence-corrected chi connectivity index (χ3v) is 25.2. The van der Waals surface area contributed by atoms with Gasteiger partial charge in [-0.1, -0.05) is 315 Å². The second kappa shape index (κ2) is 28.1. The van der Waals surface area contributed by atoms with Crippen molar-refractivity contribution in [3.8, 4) is 56.0 Å². The average molecular weight is 1530 g/mol. The van der Waals surface area contributed by atoms with Crippen LogP contribution in [0.4, 0.5) is 85.3 Å². The van der Waals surface area contributed by atoms with Gasteiger partial charge < -0.3 is 29.2 Å². The van der Waals surface area contributed by atoms with Crippen LogP contribution in [0.1, 0.15) is 0 Å². The number of nitrogens with zero attached hydrogens (tertiary/aromatic N) is 5. The number of hydrogen-bond acceptors (Lipinski definition) is 6. The standard InChI is InChI=1S/C112H73B2N5O/c1-8-34-74(35-9-1)107-87-48-22-26-52-91(87)109(92-53-27-23-49-88(92)107)76-60-64-83(65-61-76)117-99-58-32-30-56-95(99)113-97-72-98-105(73-101(97)119(82-46-20-7-21-47-82)103-69-85(68-102(117)111(103)113)115(78-38-12-3-13-39-78)79-40-14-4-15-41-79)120-106-71-86(116(80-42-16-5-17-43-80)81-44-18-6-19-45-81)70-104-112(106)114(98)96-57-31-33-59-100(96)118(104)84-66-62-77(63-67-84)110-93-54-28-24-50-89(93)108(75-36-10-2-11-37-75)90-51-25-29-55-94(90)110/h1-73H. The molecule has 0 bridgehead atoms. The van der Waals surface area contributed by atoms with Crippen LogP contribution < -0.4 is 62.0 Å². The van der Waals surface area contributed by atoms with Crippen molar-refractivity contribution in [2.45, 2.75) is 0 Å². The van der Waals surface area contributed by atoms with E-state index in [1.807, 2.05) is 0 Å². The molecule has 4 heterocycles. The lowest BCUT2D eigenvalue weighted by atomic mass is 9.30. The summed E-state index contributed by atoms with van der Waals surface area (Å²) in [6, 6.07) is 163.